The highest BCUT2D eigenvalue weighted by Gasteiger charge is 2.15. The number of hydrogen-bond donors (Lipinski definition) is 4. The molecule has 0 aliphatic carbocycles. The number of benzene rings is 1. The second-order valence-corrected chi connectivity index (χ2v) is 7.17. The molecule has 1 aromatic rings. The molecule has 4 N–H and O–H groups in total. The van der Waals surface area contributed by atoms with E-state index < -0.39 is 21.9 Å². The van der Waals surface area contributed by atoms with Crippen LogP contribution >= 0.6 is 0 Å². The highest BCUT2D eigenvalue weighted by molar-refractivity contribution is 7.92. The fraction of sp³-hybridized carbons (Fsp3) is 0.400. The lowest BCUT2D eigenvalue weighted by atomic mass is 10.1. The number of nitrogens with one attached hydrogen (secondary N) is 3. The van der Waals surface area contributed by atoms with Crippen LogP contribution in [0.5, 0.6) is 0 Å². The predicted molar refractivity (Wildman–Crippen MR) is 93.0 cm³/mol. The van der Waals surface area contributed by atoms with Crippen molar-refractivity contribution in [2.45, 2.75) is 26.2 Å². The van der Waals surface area contributed by atoms with Gasteiger partial charge in [-0.2, -0.15) is 0 Å². The van der Waals surface area contributed by atoms with Crippen molar-refractivity contribution in [2.75, 3.05) is 22.8 Å². The smallest absolute Gasteiger partial charge is 0.303 e. The van der Waals surface area contributed by atoms with Crippen molar-refractivity contribution in [3.63, 3.8) is 0 Å². The van der Waals surface area contributed by atoms with Crippen molar-refractivity contribution >= 4 is 39.2 Å². The summed E-state index contributed by atoms with van der Waals surface area (Å²) in [5.41, 5.74) is 0.483. The van der Waals surface area contributed by atoms with E-state index in [-0.39, 0.29) is 30.1 Å². The van der Waals surface area contributed by atoms with E-state index in [1.165, 1.54) is 25.1 Å². The Hall–Kier alpha value is -2.62. The molecular formula is C15H21N3O6S. The number of carbonyl (C=O) groups is 3. The lowest BCUT2D eigenvalue weighted by Crippen LogP contribution is -2.26. The summed E-state index contributed by atoms with van der Waals surface area (Å²) < 4.78 is 25.1. The third-order valence-corrected chi connectivity index (χ3v) is 3.57. The monoisotopic (exact) mass is 371 g/mol. The summed E-state index contributed by atoms with van der Waals surface area (Å²) in [4.78, 5) is 33.9. The van der Waals surface area contributed by atoms with Crippen molar-refractivity contribution in [2.24, 2.45) is 0 Å². The summed E-state index contributed by atoms with van der Waals surface area (Å²) in [6.07, 6.45) is 1.85. The number of aliphatic carboxylic acids is 1. The van der Waals surface area contributed by atoms with Gasteiger partial charge in [0.05, 0.1) is 17.5 Å². The summed E-state index contributed by atoms with van der Waals surface area (Å²) in [7, 11) is -3.59. The fourth-order valence-electron chi connectivity index (χ4n) is 2.00. The van der Waals surface area contributed by atoms with Crippen LogP contribution in [0.4, 0.5) is 11.4 Å². The average Bonchev–Trinajstić information content (AvgIpc) is 2.46. The number of sulfonamides is 1. The minimum absolute atomic E-state index is 0.00870. The summed E-state index contributed by atoms with van der Waals surface area (Å²) >= 11 is 0. The first-order valence-electron chi connectivity index (χ1n) is 7.48. The molecule has 0 saturated carbocycles. The first-order chi connectivity index (χ1) is 11.6. The zero-order chi connectivity index (χ0) is 19.0. The lowest BCUT2D eigenvalue weighted by molar-refractivity contribution is -0.137. The number of amides is 2. The van der Waals surface area contributed by atoms with Gasteiger partial charge in [0.15, 0.2) is 0 Å². The SMILES string of the molecule is CC(=O)Nc1ccc(NS(C)(=O)=O)c(C(=O)NCCCCC(=O)O)c1. The molecule has 0 radical (unpaired) electrons. The van der Waals surface area contributed by atoms with Crippen LogP contribution in [0, 0.1) is 0 Å². The van der Waals surface area contributed by atoms with Crippen molar-refractivity contribution in [1.29, 1.82) is 0 Å². The molecule has 1 aromatic carbocycles. The lowest BCUT2D eigenvalue weighted by Gasteiger charge is -2.13. The van der Waals surface area contributed by atoms with Crippen LogP contribution in [0.15, 0.2) is 18.2 Å². The Labute approximate surface area is 145 Å². The minimum atomic E-state index is -3.59. The quantitative estimate of drug-likeness (QED) is 0.477. The fourth-order valence-corrected chi connectivity index (χ4v) is 2.58. The first kappa shape index (κ1) is 20.4. The Bertz CT molecular complexity index is 761. The molecule has 0 unspecified atom stereocenters. The largest absolute Gasteiger partial charge is 0.481 e. The van der Waals surface area contributed by atoms with Crippen LogP contribution in [0.2, 0.25) is 0 Å². The molecule has 0 aliphatic rings. The van der Waals surface area contributed by atoms with E-state index in [2.05, 4.69) is 15.4 Å². The third-order valence-electron chi connectivity index (χ3n) is 2.98. The topological polar surface area (TPSA) is 142 Å². The zero-order valence-corrected chi connectivity index (χ0v) is 14.8. The standard InChI is InChI=1S/C15H21N3O6S/c1-10(19)17-11-6-7-13(18-25(2,23)24)12(9-11)15(22)16-8-4-3-5-14(20)21/h6-7,9,18H,3-5,8H2,1-2H3,(H,16,22)(H,17,19)(H,20,21). The van der Waals surface area contributed by atoms with E-state index in [0.717, 1.165) is 6.26 Å². The van der Waals surface area contributed by atoms with E-state index in [1.807, 2.05) is 0 Å². The van der Waals surface area contributed by atoms with Crippen LogP contribution < -0.4 is 15.4 Å². The van der Waals surface area contributed by atoms with Gasteiger partial charge in [0, 0.05) is 25.6 Å². The van der Waals surface area contributed by atoms with Gasteiger partial charge in [-0.15, -0.1) is 0 Å². The molecule has 0 bridgehead atoms. The zero-order valence-electron chi connectivity index (χ0n) is 14.0. The molecule has 1 rings (SSSR count). The normalized spacial score (nSPS) is 10.8. The molecule has 0 spiro atoms. The van der Waals surface area contributed by atoms with E-state index in [4.69, 9.17) is 5.11 Å². The minimum Gasteiger partial charge on any atom is -0.481 e. The number of carboxylic acid groups (broad SMARTS) is 1. The maximum absolute atomic E-state index is 12.3. The number of unbranched alkanes of at least 4 members (excludes halogenated alkanes) is 1. The molecule has 0 atom stereocenters. The van der Waals surface area contributed by atoms with E-state index in [9.17, 15) is 22.8 Å². The summed E-state index contributed by atoms with van der Waals surface area (Å²) in [5, 5.41) is 13.7. The van der Waals surface area contributed by atoms with Crippen LogP contribution in [0.25, 0.3) is 0 Å². The predicted octanol–water partition coefficient (Wildman–Crippen LogP) is 1.00. The molecule has 2 amide bonds. The highest BCUT2D eigenvalue weighted by atomic mass is 32.2. The van der Waals surface area contributed by atoms with Crippen LogP contribution in [-0.4, -0.2) is 44.1 Å². The second kappa shape index (κ2) is 9.02. The maximum atomic E-state index is 12.3. The Morgan fingerprint density at radius 3 is 2.40 bits per heavy atom. The Morgan fingerprint density at radius 1 is 1.16 bits per heavy atom. The van der Waals surface area contributed by atoms with Crippen molar-refractivity contribution in [3.8, 4) is 0 Å². The van der Waals surface area contributed by atoms with Crippen LogP contribution in [-0.2, 0) is 19.6 Å². The number of rotatable bonds is 9. The van der Waals surface area contributed by atoms with Gasteiger partial charge >= 0.3 is 5.97 Å². The molecule has 0 heterocycles. The van der Waals surface area contributed by atoms with Gasteiger partial charge in [-0.05, 0) is 31.0 Å². The molecule has 138 valence electrons. The Balaban J connectivity index is 2.89. The second-order valence-electron chi connectivity index (χ2n) is 5.42. The molecule has 10 heteroatoms. The van der Waals surface area contributed by atoms with Gasteiger partial charge in [0.25, 0.3) is 5.91 Å². The molecule has 0 aliphatic heterocycles. The molecule has 25 heavy (non-hydrogen) atoms. The summed E-state index contributed by atoms with van der Waals surface area (Å²) in [6.45, 7) is 1.56. The van der Waals surface area contributed by atoms with Gasteiger partial charge in [0.2, 0.25) is 15.9 Å². The van der Waals surface area contributed by atoms with E-state index >= 15 is 0 Å². The third kappa shape index (κ3) is 8.15. The summed E-state index contributed by atoms with van der Waals surface area (Å²) in [5.74, 6) is -1.77. The van der Waals surface area contributed by atoms with Crippen molar-refractivity contribution in [3.05, 3.63) is 23.8 Å². The number of hydrogen-bond acceptors (Lipinski definition) is 5. The van der Waals surface area contributed by atoms with Gasteiger partial charge in [-0.1, -0.05) is 0 Å². The van der Waals surface area contributed by atoms with Gasteiger partial charge in [-0.25, -0.2) is 8.42 Å². The van der Waals surface area contributed by atoms with Gasteiger partial charge < -0.3 is 15.7 Å². The van der Waals surface area contributed by atoms with Crippen LogP contribution in [0.3, 0.4) is 0 Å². The molecule has 0 aromatic heterocycles. The Kier molecular flexibility index (Phi) is 7.37. The maximum Gasteiger partial charge on any atom is 0.303 e. The molecule has 0 saturated heterocycles. The number of carboxylic acids is 1. The first-order valence-corrected chi connectivity index (χ1v) is 9.37. The number of anilines is 2. The number of carbonyl (C=O) groups excluding carboxylic acids is 2. The highest BCUT2D eigenvalue weighted by Crippen LogP contribution is 2.21. The van der Waals surface area contributed by atoms with Crippen molar-refractivity contribution in [1.82, 2.24) is 5.32 Å². The summed E-state index contributed by atoms with van der Waals surface area (Å²) in [6, 6.07) is 4.21. The molecular weight excluding hydrogens is 350 g/mol. The van der Waals surface area contributed by atoms with Crippen molar-refractivity contribution < 1.29 is 27.9 Å². The Morgan fingerprint density at radius 2 is 1.84 bits per heavy atom. The van der Waals surface area contributed by atoms with E-state index in [0.29, 0.717) is 18.5 Å². The van der Waals surface area contributed by atoms with Gasteiger partial charge in [-0.3, -0.25) is 19.1 Å². The molecule has 9 nitrogen and oxygen atoms in total. The van der Waals surface area contributed by atoms with Gasteiger partial charge in [0.1, 0.15) is 0 Å². The van der Waals surface area contributed by atoms with E-state index in [1.54, 1.807) is 0 Å². The average molecular weight is 371 g/mol. The molecule has 0 fully saturated rings. The van der Waals surface area contributed by atoms with Crippen LogP contribution in [0.1, 0.15) is 36.5 Å².